The summed E-state index contributed by atoms with van der Waals surface area (Å²) in [7, 11) is -0.908. The molecule has 0 spiro atoms. The molecule has 3 nitrogen and oxygen atoms in total. The molecule has 100 valence electrons. The molecule has 0 saturated heterocycles. The van der Waals surface area contributed by atoms with Crippen molar-refractivity contribution in [2.45, 2.75) is 12.8 Å². The van der Waals surface area contributed by atoms with E-state index in [2.05, 4.69) is 15.9 Å². The quantitative estimate of drug-likeness (QED) is 0.849. The summed E-state index contributed by atoms with van der Waals surface area (Å²) < 4.78 is 25.9. The number of amides is 1. The van der Waals surface area contributed by atoms with Crippen LogP contribution in [0.15, 0.2) is 16.1 Å². The highest BCUT2D eigenvalue weighted by Crippen LogP contribution is 2.43. The van der Waals surface area contributed by atoms with Crippen LogP contribution in [0.3, 0.4) is 0 Å². The maximum Gasteiger partial charge on any atom is 0.249 e. The SMILES string of the molecule is NC(=O)c1cc(F)c(Br)c2c1CC1=C2CS(=O)CC1. The number of rotatable bonds is 1. The molecule has 0 fully saturated rings. The molecule has 1 amide bonds. The van der Waals surface area contributed by atoms with Crippen LogP contribution in [0.1, 0.15) is 27.9 Å². The summed E-state index contributed by atoms with van der Waals surface area (Å²) in [4.78, 5) is 11.5. The molecule has 0 radical (unpaired) electrons. The van der Waals surface area contributed by atoms with E-state index >= 15 is 0 Å². The van der Waals surface area contributed by atoms with E-state index in [1.165, 1.54) is 6.07 Å². The van der Waals surface area contributed by atoms with Gasteiger partial charge >= 0.3 is 0 Å². The van der Waals surface area contributed by atoms with Crippen molar-refractivity contribution in [3.63, 3.8) is 0 Å². The Kier molecular flexibility index (Phi) is 3.09. The second-order valence-electron chi connectivity index (χ2n) is 4.73. The number of carbonyl (C=O) groups excluding carboxylic acids is 1. The van der Waals surface area contributed by atoms with Gasteiger partial charge in [-0.3, -0.25) is 9.00 Å². The molecule has 0 saturated carbocycles. The number of allylic oxidation sites excluding steroid dienone is 1. The maximum atomic E-state index is 13.9. The maximum absolute atomic E-state index is 13.9. The zero-order valence-corrected chi connectivity index (χ0v) is 12.4. The van der Waals surface area contributed by atoms with E-state index in [4.69, 9.17) is 5.73 Å². The highest BCUT2D eigenvalue weighted by atomic mass is 79.9. The van der Waals surface area contributed by atoms with Gasteiger partial charge in [0.15, 0.2) is 0 Å². The van der Waals surface area contributed by atoms with Gasteiger partial charge in [0.2, 0.25) is 5.91 Å². The van der Waals surface area contributed by atoms with Crippen LogP contribution in [0.4, 0.5) is 4.39 Å². The number of carbonyl (C=O) groups is 1. The number of nitrogens with two attached hydrogens (primary N) is 1. The van der Waals surface area contributed by atoms with E-state index in [0.717, 1.165) is 23.1 Å². The normalized spacial score (nSPS) is 21.3. The van der Waals surface area contributed by atoms with E-state index in [-0.39, 0.29) is 5.56 Å². The standard InChI is InChI=1S/C13H11BrFNO2S/c14-12-10(15)4-8(13(16)17)7-3-6-1-2-19(18)5-9(6)11(7)12/h4H,1-3,5H2,(H2,16,17). The van der Waals surface area contributed by atoms with Crippen LogP contribution in [0.5, 0.6) is 0 Å². The summed E-state index contributed by atoms with van der Waals surface area (Å²) in [5.41, 5.74) is 9.10. The molecule has 0 aromatic heterocycles. The van der Waals surface area contributed by atoms with Crippen molar-refractivity contribution in [3.05, 3.63) is 38.6 Å². The van der Waals surface area contributed by atoms with Gasteiger partial charge in [-0.15, -0.1) is 0 Å². The summed E-state index contributed by atoms with van der Waals surface area (Å²) in [6, 6.07) is 1.18. The van der Waals surface area contributed by atoms with Crippen molar-refractivity contribution in [1.82, 2.24) is 0 Å². The fourth-order valence-corrected chi connectivity index (χ4v) is 4.64. The average molecular weight is 344 g/mol. The number of fused-ring (bicyclic) bond motifs is 2. The number of benzene rings is 1. The van der Waals surface area contributed by atoms with E-state index in [0.29, 0.717) is 28.0 Å². The summed E-state index contributed by atoms with van der Waals surface area (Å²) in [6.45, 7) is 0. The molecule has 1 aliphatic heterocycles. The fraction of sp³-hybridized carbons (Fsp3) is 0.308. The molecule has 2 aliphatic rings. The molecule has 1 aromatic rings. The van der Waals surface area contributed by atoms with Crippen molar-refractivity contribution in [1.29, 1.82) is 0 Å². The molecule has 3 rings (SSSR count). The molecule has 19 heavy (non-hydrogen) atoms. The second kappa shape index (κ2) is 4.52. The molecule has 0 bridgehead atoms. The van der Waals surface area contributed by atoms with Gasteiger partial charge in [0.05, 0.1) is 4.47 Å². The smallest absolute Gasteiger partial charge is 0.249 e. The van der Waals surface area contributed by atoms with Gasteiger partial charge in [-0.05, 0) is 46.0 Å². The Hall–Kier alpha value is -1.01. The first-order valence-corrected chi connectivity index (χ1v) is 8.14. The minimum Gasteiger partial charge on any atom is -0.366 e. The van der Waals surface area contributed by atoms with Crippen molar-refractivity contribution < 1.29 is 13.4 Å². The highest BCUT2D eigenvalue weighted by Gasteiger charge is 2.32. The van der Waals surface area contributed by atoms with Gasteiger partial charge in [0.25, 0.3) is 0 Å². The zero-order valence-electron chi connectivity index (χ0n) is 9.96. The van der Waals surface area contributed by atoms with Crippen molar-refractivity contribution >= 4 is 38.2 Å². The third-order valence-corrected chi connectivity index (χ3v) is 5.69. The Morgan fingerprint density at radius 3 is 2.89 bits per heavy atom. The third kappa shape index (κ3) is 1.97. The Morgan fingerprint density at radius 2 is 2.21 bits per heavy atom. The van der Waals surface area contributed by atoms with E-state index in [9.17, 15) is 13.4 Å². The molecular weight excluding hydrogens is 333 g/mol. The van der Waals surface area contributed by atoms with Crippen LogP contribution >= 0.6 is 15.9 Å². The molecule has 1 aliphatic carbocycles. The lowest BCUT2D eigenvalue weighted by Crippen LogP contribution is -2.15. The van der Waals surface area contributed by atoms with Crippen LogP contribution in [0, 0.1) is 5.82 Å². The Morgan fingerprint density at radius 1 is 1.47 bits per heavy atom. The molecular formula is C13H11BrFNO2S. The Bertz CT molecular complexity index is 669. The minimum absolute atomic E-state index is 0.232. The van der Waals surface area contributed by atoms with Crippen LogP contribution in [-0.2, 0) is 17.2 Å². The lowest BCUT2D eigenvalue weighted by Gasteiger charge is -2.15. The summed E-state index contributed by atoms with van der Waals surface area (Å²) >= 11 is 3.24. The predicted molar refractivity (Wildman–Crippen MR) is 75.7 cm³/mol. The lowest BCUT2D eigenvalue weighted by molar-refractivity contribution is 0.0999. The van der Waals surface area contributed by atoms with Gasteiger partial charge in [-0.1, -0.05) is 5.57 Å². The molecule has 1 aromatic carbocycles. The van der Waals surface area contributed by atoms with Crippen molar-refractivity contribution in [2.75, 3.05) is 11.5 Å². The highest BCUT2D eigenvalue weighted by molar-refractivity contribution is 9.10. The van der Waals surface area contributed by atoms with Gasteiger partial charge in [0.1, 0.15) is 5.82 Å². The van der Waals surface area contributed by atoms with Crippen LogP contribution in [0.2, 0.25) is 0 Å². The number of halogens is 2. The van der Waals surface area contributed by atoms with Gasteiger partial charge < -0.3 is 5.73 Å². The summed E-state index contributed by atoms with van der Waals surface area (Å²) in [6.07, 6.45) is 1.35. The van der Waals surface area contributed by atoms with Gasteiger partial charge in [-0.2, -0.15) is 0 Å². The third-order valence-electron chi connectivity index (χ3n) is 3.65. The Labute approximate surface area is 120 Å². The van der Waals surface area contributed by atoms with Crippen molar-refractivity contribution in [2.24, 2.45) is 5.73 Å². The molecule has 1 unspecified atom stereocenters. The van der Waals surface area contributed by atoms with Crippen LogP contribution in [0.25, 0.3) is 5.57 Å². The summed E-state index contributed by atoms with van der Waals surface area (Å²) in [5.74, 6) is -0.0530. The molecule has 2 N–H and O–H groups in total. The van der Waals surface area contributed by atoms with Crippen LogP contribution in [-0.4, -0.2) is 21.6 Å². The Balaban J connectivity index is 2.25. The monoisotopic (exact) mass is 343 g/mol. The largest absolute Gasteiger partial charge is 0.366 e. The van der Waals surface area contributed by atoms with E-state index < -0.39 is 22.5 Å². The average Bonchev–Trinajstić information content (AvgIpc) is 2.72. The van der Waals surface area contributed by atoms with Gasteiger partial charge in [-0.25, -0.2) is 4.39 Å². The first kappa shape index (κ1) is 13.0. The fourth-order valence-electron chi connectivity index (χ4n) is 2.76. The number of hydrogen-bond donors (Lipinski definition) is 1. The zero-order chi connectivity index (χ0) is 13.7. The number of primary amides is 1. The number of hydrogen-bond acceptors (Lipinski definition) is 2. The topological polar surface area (TPSA) is 60.2 Å². The second-order valence-corrected chi connectivity index (χ2v) is 7.10. The van der Waals surface area contributed by atoms with Crippen molar-refractivity contribution in [3.8, 4) is 0 Å². The van der Waals surface area contributed by atoms with Crippen LogP contribution < -0.4 is 5.73 Å². The first-order valence-electron chi connectivity index (χ1n) is 5.86. The van der Waals surface area contributed by atoms with E-state index in [1.54, 1.807) is 0 Å². The minimum atomic E-state index is -0.908. The predicted octanol–water partition coefficient (Wildman–Crippen LogP) is 2.15. The molecule has 6 heteroatoms. The summed E-state index contributed by atoms with van der Waals surface area (Å²) in [5, 5.41) is 0. The lowest BCUT2D eigenvalue weighted by atomic mass is 9.99. The van der Waals surface area contributed by atoms with E-state index in [1.807, 2.05) is 0 Å². The van der Waals surface area contributed by atoms with Gasteiger partial charge in [0, 0.05) is 33.4 Å². The molecule has 1 heterocycles. The molecule has 1 atom stereocenters. The first-order chi connectivity index (χ1) is 8.99.